The van der Waals surface area contributed by atoms with Gasteiger partial charge in [0.15, 0.2) is 5.82 Å². The highest BCUT2D eigenvalue weighted by molar-refractivity contribution is 6.00. The van der Waals surface area contributed by atoms with Crippen molar-refractivity contribution in [3.63, 3.8) is 0 Å². The zero-order valence-corrected chi connectivity index (χ0v) is 8.49. The molecule has 0 radical (unpaired) electrons. The van der Waals surface area contributed by atoms with Gasteiger partial charge in [-0.2, -0.15) is 0 Å². The minimum absolute atomic E-state index is 0.396. The van der Waals surface area contributed by atoms with Crippen LogP contribution >= 0.6 is 0 Å². The number of fused-ring (bicyclic) bond motifs is 1. The lowest BCUT2D eigenvalue weighted by Gasteiger charge is -2.10. The Kier molecular flexibility index (Phi) is 2.25. The molecular weight excluding hydrogens is 188 g/mol. The van der Waals surface area contributed by atoms with Gasteiger partial charge in [-0.25, -0.2) is 4.98 Å². The van der Waals surface area contributed by atoms with Gasteiger partial charge in [0.1, 0.15) is 5.69 Å². The van der Waals surface area contributed by atoms with Gasteiger partial charge >= 0.3 is 0 Å². The molecule has 1 heterocycles. The molecule has 15 heavy (non-hydrogen) atoms. The summed E-state index contributed by atoms with van der Waals surface area (Å²) in [6.07, 6.45) is 0. The van der Waals surface area contributed by atoms with E-state index in [1.165, 1.54) is 0 Å². The van der Waals surface area contributed by atoms with Crippen LogP contribution in [0.4, 0.5) is 17.2 Å². The molecule has 0 amide bonds. The van der Waals surface area contributed by atoms with Crippen molar-refractivity contribution in [2.45, 2.75) is 0 Å². The lowest BCUT2D eigenvalue weighted by Crippen LogP contribution is -1.97. The first-order valence-corrected chi connectivity index (χ1v) is 4.60. The van der Waals surface area contributed by atoms with Crippen LogP contribution in [0.1, 0.15) is 0 Å². The molecule has 0 bridgehead atoms. The Bertz CT molecular complexity index is 519. The number of benzene rings is 1. The molecule has 4 nitrogen and oxygen atoms in total. The van der Waals surface area contributed by atoms with Crippen LogP contribution in [-0.2, 0) is 0 Å². The molecule has 0 aliphatic heterocycles. The van der Waals surface area contributed by atoms with Crippen molar-refractivity contribution in [3.8, 4) is 0 Å². The number of hydrogen-bond donors (Lipinski definition) is 2. The Morgan fingerprint density at radius 1 is 1.40 bits per heavy atom. The molecule has 1 aromatic carbocycles. The predicted octanol–water partition coefficient (Wildman–Crippen LogP) is 2.19. The topological polar surface area (TPSA) is 63.3 Å². The molecule has 76 valence electrons. The summed E-state index contributed by atoms with van der Waals surface area (Å²) in [7, 11) is 1.83. The number of nitrogen functional groups attached to an aromatic ring is 1. The summed E-state index contributed by atoms with van der Waals surface area (Å²) in [5.74, 6) is 0.396. The Balaban J connectivity index is 2.90. The SMILES string of the molecule is C=Nc1c(N)nc2ccccc2c1NC. The number of nitrogens with two attached hydrogens (primary N) is 1. The molecule has 0 unspecified atom stereocenters. The molecule has 2 aromatic rings. The van der Waals surface area contributed by atoms with Crippen molar-refractivity contribution in [2.75, 3.05) is 18.1 Å². The summed E-state index contributed by atoms with van der Waals surface area (Å²) >= 11 is 0. The van der Waals surface area contributed by atoms with Crippen LogP contribution in [0, 0.1) is 0 Å². The lowest BCUT2D eigenvalue weighted by atomic mass is 10.1. The van der Waals surface area contributed by atoms with Crippen LogP contribution in [0.15, 0.2) is 29.3 Å². The average Bonchev–Trinajstić information content (AvgIpc) is 2.27. The van der Waals surface area contributed by atoms with Gasteiger partial charge in [0.05, 0.1) is 11.2 Å². The first-order chi connectivity index (χ1) is 7.27. The smallest absolute Gasteiger partial charge is 0.152 e. The van der Waals surface area contributed by atoms with E-state index in [9.17, 15) is 0 Å². The molecule has 1 aromatic heterocycles. The van der Waals surface area contributed by atoms with Gasteiger partial charge in [0, 0.05) is 12.4 Å². The minimum Gasteiger partial charge on any atom is -0.386 e. The van der Waals surface area contributed by atoms with Gasteiger partial charge in [-0.05, 0) is 12.8 Å². The number of para-hydroxylation sites is 1. The average molecular weight is 200 g/mol. The molecule has 2 rings (SSSR count). The Hall–Kier alpha value is -2.10. The van der Waals surface area contributed by atoms with Crippen LogP contribution in [0.3, 0.4) is 0 Å². The van der Waals surface area contributed by atoms with E-state index in [1.807, 2.05) is 31.3 Å². The molecule has 4 heteroatoms. The van der Waals surface area contributed by atoms with Gasteiger partial charge in [0.25, 0.3) is 0 Å². The summed E-state index contributed by atoms with van der Waals surface area (Å²) in [6.45, 7) is 3.50. The third-order valence-electron chi connectivity index (χ3n) is 2.30. The maximum absolute atomic E-state index is 5.79. The van der Waals surface area contributed by atoms with Gasteiger partial charge in [-0.3, -0.25) is 4.99 Å². The van der Waals surface area contributed by atoms with E-state index >= 15 is 0 Å². The van der Waals surface area contributed by atoms with Crippen molar-refractivity contribution in [1.82, 2.24) is 4.98 Å². The lowest BCUT2D eigenvalue weighted by molar-refractivity contribution is 1.37. The number of anilines is 2. The Labute approximate surface area is 87.8 Å². The molecule has 0 fully saturated rings. The van der Waals surface area contributed by atoms with E-state index in [0.717, 1.165) is 16.6 Å². The fourth-order valence-corrected chi connectivity index (χ4v) is 1.63. The molecular formula is C11H12N4. The number of aliphatic imine (C=N–C) groups is 1. The molecule has 0 atom stereocenters. The van der Waals surface area contributed by atoms with Gasteiger partial charge in [0.2, 0.25) is 0 Å². The summed E-state index contributed by atoms with van der Waals surface area (Å²) < 4.78 is 0. The van der Waals surface area contributed by atoms with Crippen LogP contribution in [0.5, 0.6) is 0 Å². The van der Waals surface area contributed by atoms with E-state index in [2.05, 4.69) is 22.0 Å². The highest BCUT2D eigenvalue weighted by atomic mass is 15.0. The normalized spacial score (nSPS) is 10.2. The van der Waals surface area contributed by atoms with E-state index in [0.29, 0.717) is 11.5 Å². The summed E-state index contributed by atoms with van der Waals surface area (Å²) in [6, 6.07) is 7.77. The van der Waals surface area contributed by atoms with Crippen LogP contribution < -0.4 is 11.1 Å². The van der Waals surface area contributed by atoms with Crippen molar-refractivity contribution in [1.29, 1.82) is 0 Å². The van der Waals surface area contributed by atoms with Crippen LogP contribution in [-0.4, -0.2) is 18.7 Å². The second-order valence-corrected chi connectivity index (χ2v) is 3.15. The zero-order valence-electron chi connectivity index (χ0n) is 8.49. The fourth-order valence-electron chi connectivity index (χ4n) is 1.63. The highest BCUT2D eigenvalue weighted by Gasteiger charge is 2.09. The maximum atomic E-state index is 5.79. The maximum Gasteiger partial charge on any atom is 0.152 e. The third-order valence-corrected chi connectivity index (χ3v) is 2.30. The van der Waals surface area contributed by atoms with Crippen molar-refractivity contribution >= 4 is 34.8 Å². The number of rotatable bonds is 2. The van der Waals surface area contributed by atoms with Crippen molar-refractivity contribution in [2.24, 2.45) is 4.99 Å². The molecule has 0 aliphatic rings. The molecule has 0 saturated carbocycles. The number of aromatic nitrogens is 1. The number of nitrogens with one attached hydrogen (secondary N) is 1. The minimum atomic E-state index is 0.396. The largest absolute Gasteiger partial charge is 0.386 e. The number of pyridine rings is 1. The van der Waals surface area contributed by atoms with Crippen molar-refractivity contribution < 1.29 is 0 Å². The standard InChI is InChI=1S/C11H12N4/c1-13-9-7-5-3-4-6-8(7)15-11(12)10(9)14-2/h3-6H,2H2,1H3,(H3,12,13,15). The van der Waals surface area contributed by atoms with Crippen molar-refractivity contribution in [3.05, 3.63) is 24.3 Å². The Morgan fingerprint density at radius 3 is 2.80 bits per heavy atom. The van der Waals surface area contributed by atoms with Gasteiger partial charge in [-0.15, -0.1) is 0 Å². The second kappa shape index (κ2) is 3.57. The monoisotopic (exact) mass is 200 g/mol. The summed E-state index contributed by atoms with van der Waals surface area (Å²) in [4.78, 5) is 8.15. The number of hydrogen-bond acceptors (Lipinski definition) is 4. The van der Waals surface area contributed by atoms with E-state index in [-0.39, 0.29) is 0 Å². The summed E-state index contributed by atoms with van der Waals surface area (Å²) in [5.41, 5.74) is 8.12. The predicted molar refractivity (Wildman–Crippen MR) is 64.9 cm³/mol. The van der Waals surface area contributed by atoms with Gasteiger partial charge < -0.3 is 11.1 Å². The van der Waals surface area contributed by atoms with Crippen LogP contribution in [0.2, 0.25) is 0 Å². The van der Waals surface area contributed by atoms with E-state index in [4.69, 9.17) is 5.73 Å². The molecule has 0 spiro atoms. The molecule has 0 aliphatic carbocycles. The molecule has 3 N–H and O–H groups in total. The van der Waals surface area contributed by atoms with E-state index < -0.39 is 0 Å². The van der Waals surface area contributed by atoms with Gasteiger partial charge in [-0.1, -0.05) is 18.2 Å². The second-order valence-electron chi connectivity index (χ2n) is 3.15. The quantitative estimate of drug-likeness (QED) is 0.730. The first kappa shape index (κ1) is 9.45. The Morgan fingerprint density at radius 2 is 2.13 bits per heavy atom. The zero-order chi connectivity index (χ0) is 10.8. The third kappa shape index (κ3) is 1.40. The first-order valence-electron chi connectivity index (χ1n) is 4.60. The number of nitrogens with zero attached hydrogens (tertiary/aromatic N) is 2. The van der Waals surface area contributed by atoms with Crippen LogP contribution in [0.25, 0.3) is 10.9 Å². The summed E-state index contributed by atoms with van der Waals surface area (Å²) in [5, 5.41) is 4.07. The highest BCUT2D eigenvalue weighted by Crippen LogP contribution is 2.35. The van der Waals surface area contributed by atoms with E-state index in [1.54, 1.807) is 0 Å². The fraction of sp³-hybridized carbons (Fsp3) is 0.0909. The molecule has 0 saturated heterocycles.